The lowest BCUT2D eigenvalue weighted by molar-refractivity contribution is -0.0502. The van der Waals surface area contributed by atoms with Gasteiger partial charge < -0.3 is 19.7 Å². The summed E-state index contributed by atoms with van der Waals surface area (Å²) in [4.78, 5) is 9.56. The Morgan fingerprint density at radius 2 is 2.10 bits per heavy atom. The van der Waals surface area contributed by atoms with Crippen LogP contribution in [0.5, 0.6) is 0 Å². The van der Waals surface area contributed by atoms with Gasteiger partial charge in [-0.15, -0.1) is 0 Å². The Hall–Kier alpha value is -1.63. The summed E-state index contributed by atoms with van der Waals surface area (Å²) < 4.78 is 11.7. The number of nitrogens with zero attached hydrogens (tertiary/aromatic N) is 3. The second-order valence-electron chi connectivity index (χ2n) is 8.69. The van der Waals surface area contributed by atoms with Gasteiger partial charge in [0, 0.05) is 53.0 Å². The van der Waals surface area contributed by atoms with Crippen LogP contribution in [0.3, 0.4) is 0 Å². The Bertz CT molecular complexity index is 677. The summed E-state index contributed by atoms with van der Waals surface area (Å²) >= 11 is 0. The van der Waals surface area contributed by atoms with Gasteiger partial charge in [-0.1, -0.05) is 30.3 Å². The maximum absolute atomic E-state index is 6.14. The van der Waals surface area contributed by atoms with Gasteiger partial charge in [0.1, 0.15) is 0 Å². The first-order chi connectivity index (χ1) is 14.2. The van der Waals surface area contributed by atoms with Crippen molar-refractivity contribution in [2.75, 3.05) is 53.0 Å². The number of hydrogen-bond donors (Lipinski definition) is 1. The summed E-state index contributed by atoms with van der Waals surface area (Å²) in [5.41, 5.74) is 1.78. The molecule has 1 saturated carbocycles. The SMILES string of the molecule is CCOCCC1(CNC(=NC)N2CC3OCCN(Cc4ccccc4)C3C2)CC1. The summed E-state index contributed by atoms with van der Waals surface area (Å²) in [7, 11) is 1.90. The molecule has 2 saturated heterocycles. The minimum Gasteiger partial charge on any atom is -0.382 e. The lowest BCUT2D eigenvalue weighted by Crippen LogP contribution is -2.50. The van der Waals surface area contributed by atoms with Crippen LogP contribution < -0.4 is 5.32 Å². The van der Waals surface area contributed by atoms with Gasteiger partial charge in [0.05, 0.1) is 18.8 Å². The van der Waals surface area contributed by atoms with Gasteiger partial charge in [0.25, 0.3) is 0 Å². The second kappa shape index (κ2) is 9.45. The van der Waals surface area contributed by atoms with Crippen LogP contribution in [-0.4, -0.2) is 81.0 Å². The highest BCUT2D eigenvalue weighted by molar-refractivity contribution is 5.80. The zero-order valence-electron chi connectivity index (χ0n) is 18.0. The van der Waals surface area contributed by atoms with Crippen LogP contribution in [0, 0.1) is 5.41 Å². The zero-order chi connectivity index (χ0) is 20.1. The van der Waals surface area contributed by atoms with Crippen molar-refractivity contribution in [3.05, 3.63) is 35.9 Å². The van der Waals surface area contributed by atoms with E-state index in [4.69, 9.17) is 9.47 Å². The molecule has 1 aliphatic carbocycles. The zero-order valence-corrected chi connectivity index (χ0v) is 18.0. The first-order valence-electron chi connectivity index (χ1n) is 11.2. The number of likely N-dealkylation sites (tertiary alicyclic amines) is 1. The number of morpholine rings is 1. The number of aliphatic imine (C=N–C) groups is 1. The third kappa shape index (κ3) is 5.11. The van der Waals surface area contributed by atoms with E-state index >= 15 is 0 Å². The monoisotopic (exact) mass is 400 g/mol. The van der Waals surface area contributed by atoms with Crippen molar-refractivity contribution < 1.29 is 9.47 Å². The third-order valence-corrected chi connectivity index (χ3v) is 6.72. The highest BCUT2D eigenvalue weighted by Crippen LogP contribution is 2.48. The molecule has 0 spiro atoms. The van der Waals surface area contributed by atoms with Crippen molar-refractivity contribution in [2.24, 2.45) is 10.4 Å². The number of guanidine groups is 1. The molecule has 0 bridgehead atoms. The predicted octanol–water partition coefficient (Wildman–Crippen LogP) is 2.35. The molecule has 2 heterocycles. The molecule has 1 aromatic rings. The standard InChI is InChI=1S/C23H36N4O2/c1-3-28-13-11-23(9-10-23)18-25-22(24-2)27-16-20-21(17-27)29-14-12-26(20)15-19-7-5-4-6-8-19/h4-8,20-21H,3,9-18H2,1-2H3,(H,24,25). The Morgan fingerprint density at radius 1 is 1.28 bits per heavy atom. The van der Waals surface area contributed by atoms with Crippen molar-refractivity contribution in [2.45, 2.75) is 44.9 Å². The molecule has 1 N–H and O–H groups in total. The smallest absolute Gasteiger partial charge is 0.193 e. The van der Waals surface area contributed by atoms with E-state index in [1.807, 2.05) is 7.05 Å². The Kier molecular flexibility index (Phi) is 6.73. The summed E-state index contributed by atoms with van der Waals surface area (Å²) in [6.07, 6.45) is 4.00. The van der Waals surface area contributed by atoms with E-state index < -0.39 is 0 Å². The molecule has 6 heteroatoms. The van der Waals surface area contributed by atoms with Crippen LogP contribution in [-0.2, 0) is 16.0 Å². The number of ether oxygens (including phenoxy) is 2. The number of hydrogen-bond acceptors (Lipinski definition) is 4. The molecular weight excluding hydrogens is 364 g/mol. The van der Waals surface area contributed by atoms with E-state index in [0.29, 0.717) is 11.5 Å². The molecule has 3 aliphatic rings. The molecule has 0 aromatic heterocycles. The molecule has 2 aliphatic heterocycles. The fraction of sp³-hybridized carbons (Fsp3) is 0.696. The van der Waals surface area contributed by atoms with E-state index in [0.717, 1.165) is 64.9 Å². The van der Waals surface area contributed by atoms with Crippen LogP contribution in [0.25, 0.3) is 0 Å². The highest BCUT2D eigenvalue weighted by atomic mass is 16.5. The minimum absolute atomic E-state index is 0.263. The third-order valence-electron chi connectivity index (χ3n) is 6.72. The van der Waals surface area contributed by atoms with Crippen molar-refractivity contribution in [1.29, 1.82) is 0 Å². The highest BCUT2D eigenvalue weighted by Gasteiger charge is 2.44. The molecule has 29 heavy (non-hydrogen) atoms. The fourth-order valence-corrected chi connectivity index (χ4v) is 4.67. The summed E-state index contributed by atoms with van der Waals surface area (Å²) in [6, 6.07) is 11.2. The Balaban J connectivity index is 1.32. The lowest BCUT2D eigenvalue weighted by Gasteiger charge is -2.36. The fourth-order valence-electron chi connectivity index (χ4n) is 4.67. The number of rotatable bonds is 8. The molecule has 4 rings (SSSR count). The Morgan fingerprint density at radius 3 is 2.83 bits per heavy atom. The first-order valence-corrected chi connectivity index (χ1v) is 11.2. The van der Waals surface area contributed by atoms with E-state index in [9.17, 15) is 0 Å². The summed E-state index contributed by atoms with van der Waals surface area (Å²) in [5, 5.41) is 3.66. The average Bonchev–Trinajstić information content (AvgIpc) is 3.37. The summed E-state index contributed by atoms with van der Waals surface area (Å²) in [6.45, 7) is 9.43. The molecule has 2 unspecified atom stereocenters. The van der Waals surface area contributed by atoms with E-state index in [2.05, 4.69) is 57.4 Å². The molecule has 160 valence electrons. The summed E-state index contributed by atoms with van der Waals surface area (Å²) in [5.74, 6) is 1.02. The molecular formula is C23H36N4O2. The molecule has 1 aromatic carbocycles. The van der Waals surface area contributed by atoms with Gasteiger partial charge in [-0.05, 0) is 37.2 Å². The first kappa shape index (κ1) is 20.6. The van der Waals surface area contributed by atoms with Gasteiger partial charge in [0.2, 0.25) is 0 Å². The van der Waals surface area contributed by atoms with Crippen molar-refractivity contribution in [3.8, 4) is 0 Å². The maximum atomic E-state index is 6.14. The molecule has 3 fully saturated rings. The number of fused-ring (bicyclic) bond motifs is 1. The van der Waals surface area contributed by atoms with Crippen molar-refractivity contribution in [3.63, 3.8) is 0 Å². The van der Waals surface area contributed by atoms with E-state index in [1.165, 1.54) is 18.4 Å². The Labute approximate surface area is 175 Å². The predicted molar refractivity (Wildman–Crippen MR) is 116 cm³/mol. The van der Waals surface area contributed by atoms with Gasteiger partial charge in [-0.2, -0.15) is 0 Å². The topological polar surface area (TPSA) is 49.3 Å². The molecule has 0 radical (unpaired) electrons. The van der Waals surface area contributed by atoms with Crippen LogP contribution >= 0.6 is 0 Å². The molecule has 6 nitrogen and oxygen atoms in total. The average molecular weight is 401 g/mol. The maximum Gasteiger partial charge on any atom is 0.193 e. The largest absolute Gasteiger partial charge is 0.382 e. The van der Waals surface area contributed by atoms with Gasteiger partial charge >= 0.3 is 0 Å². The van der Waals surface area contributed by atoms with Crippen LogP contribution in [0.2, 0.25) is 0 Å². The van der Waals surface area contributed by atoms with Crippen LogP contribution in [0.4, 0.5) is 0 Å². The van der Waals surface area contributed by atoms with Crippen LogP contribution in [0.1, 0.15) is 31.7 Å². The van der Waals surface area contributed by atoms with E-state index in [1.54, 1.807) is 0 Å². The molecule has 0 amide bonds. The lowest BCUT2D eigenvalue weighted by atomic mass is 10.0. The number of nitrogens with one attached hydrogen (secondary N) is 1. The van der Waals surface area contributed by atoms with Crippen LogP contribution in [0.15, 0.2) is 35.3 Å². The van der Waals surface area contributed by atoms with Crippen molar-refractivity contribution >= 4 is 5.96 Å². The minimum atomic E-state index is 0.263. The van der Waals surface area contributed by atoms with Gasteiger partial charge in [0.15, 0.2) is 5.96 Å². The van der Waals surface area contributed by atoms with Gasteiger partial charge in [-0.25, -0.2) is 0 Å². The van der Waals surface area contributed by atoms with E-state index in [-0.39, 0.29) is 6.10 Å². The van der Waals surface area contributed by atoms with Crippen molar-refractivity contribution in [1.82, 2.24) is 15.1 Å². The normalized spacial score (nSPS) is 26.4. The number of benzene rings is 1. The second-order valence-corrected chi connectivity index (χ2v) is 8.69. The quantitative estimate of drug-likeness (QED) is 0.412. The van der Waals surface area contributed by atoms with Gasteiger partial charge in [-0.3, -0.25) is 9.89 Å². The molecule has 2 atom stereocenters.